The fraction of sp³-hybridized carbons (Fsp3) is 0.538. The molecule has 0 spiro atoms. The Morgan fingerprint density at radius 1 is 1.53 bits per heavy atom. The van der Waals surface area contributed by atoms with Crippen LogP contribution in [0.4, 0.5) is 0 Å². The van der Waals surface area contributed by atoms with E-state index in [2.05, 4.69) is 6.92 Å². The summed E-state index contributed by atoms with van der Waals surface area (Å²) >= 11 is 7.99. The third-order valence-electron chi connectivity index (χ3n) is 3.02. The summed E-state index contributed by atoms with van der Waals surface area (Å²) < 4.78 is 5.54. The van der Waals surface area contributed by atoms with Gasteiger partial charge in [-0.15, -0.1) is 11.8 Å². The van der Waals surface area contributed by atoms with Gasteiger partial charge in [-0.2, -0.15) is 0 Å². The van der Waals surface area contributed by atoms with Gasteiger partial charge in [0.05, 0.1) is 17.2 Å². The molecule has 94 valence electrons. The van der Waals surface area contributed by atoms with Gasteiger partial charge in [0.1, 0.15) is 0 Å². The second-order valence-corrected chi connectivity index (χ2v) is 6.07. The normalized spacial score (nSPS) is 26.1. The van der Waals surface area contributed by atoms with E-state index in [1.807, 2.05) is 18.2 Å². The number of ether oxygens (including phenoxy) is 1. The van der Waals surface area contributed by atoms with Gasteiger partial charge in [-0.25, -0.2) is 0 Å². The average Bonchev–Trinajstić information content (AvgIpc) is 2.67. The van der Waals surface area contributed by atoms with Gasteiger partial charge in [0.25, 0.3) is 0 Å². The van der Waals surface area contributed by atoms with E-state index in [4.69, 9.17) is 16.3 Å². The molecule has 4 heteroatoms. The van der Waals surface area contributed by atoms with Crippen molar-refractivity contribution in [2.75, 3.05) is 6.61 Å². The molecule has 0 amide bonds. The molecule has 1 aliphatic heterocycles. The maximum atomic E-state index is 9.48. The summed E-state index contributed by atoms with van der Waals surface area (Å²) in [6.45, 7) is 4.68. The summed E-state index contributed by atoms with van der Waals surface area (Å²) in [6.07, 6.45) is 0.883. The van der Waals surface area contributed by atoms with Gasteiger partial charge < -0.3 is 9.84 Å². The van der Waals surface area contributed by atoms with Gasteiger partial charge in [0.15, 0.2) is 0 Å². The lowest BCUT2D eigenvalue weighted by atomic mass is 10.1. The van der Waals surface area contributed by atoms with Crippen LogP contribution in [-0.2, 0) is 4.74 Å². The van der Waals surface area contributed by atoms with E-state index in [1.54, 1.807) is 18.7 Å². The highest BCUT2D eigenvalue weighted by molar-refractivity contribution is 8.00. The Hall–Kier alpha value is -0.220. The summed E-state index contributed by atoms with van der Waals surface area (Å²) in [4.78, 5) is 1.07. The first-order valence-electron chi connectivity index (χ1n) is 5.83. The van der Waals surface area contributed by atoms with Crippen molar-refractivity contribution in [3.8, 4) is 0 Å². The average molecular weight is 273 g/mol. The van der Waals surface area contributed by atoms with Crippen LogP contribution in [0.3, 0.4) is 0 Å². The fourth-order valence-electron chi connectivity index (χ4n) is 1.90. The molecule has 1 saturated heterocycles. The number of rotatable bonds is 3. The van der Waals surface area contributed by atoms with Crippen molar-refractivity contribution in [2.24, 2.45) is 0 Å². The van der Waals surface area contributed by atoms with Crippen molar-refractivity contribution >= 4 is 23.4 Å². The molecule has 1 N–H and O–H groups in total. The fourth-order valence-corrected chi connectivity index (χ4v) is 3.35. The number of aliphatic hydroxyl groups excluding tert-OH is 1. The SMILES string of the molecule is CC(O)c1ccc(SC2CCOC2C)c(Cl)c1. The number of aliphatic hydroxyl groups is 1. The summed E-state index contributed by atoms with van der Waals surface area (Å²) in [7, 11) is 0. The summed E-state index contributed by atoms with van der Waals surface area (Å²) in [6, 6.07) is 5.76. The molecule has 0 radical (unpaired) electrons. The van der Waals surface area contributed by atoms with Gasteiger partial charge in [0.2, 0.25) is 0 Å². The maximum Gasteiger partial charge on any atom is 0.0762 e. The standard InChI is InChI=1S/C13H17ClO2S/c1-8(15)10-3-4-13(11(14)7-10)17-12-5-6-16-9(12)2/h3-4,7-9,12,15H,5-6H2,1-2H3. The van der Waals surface area contributed by atoms with Crippen molar-refractivity contribution in [3.63, 3.8) is 0 Å². The van der Waals surface area contributed by atoms with Crippen LogP contribution in [0.25, 0.3) is 0 Å². The zero-order valence-corrected chi connectivity index (χ0v) is 11.6. The molecule has 1 aromatic rings. The zero-order valence-electron chi connectivity index (χ0n) is 10.0. The Morgan fingerprint density at radius 2 is 2.29 bits per heavy atom. The molecule has 0 aromatic heterocycles. The van der Waals surface area contributed by atoms with E-state index in [9.17, 15) is 5.11 Å². The highest BCUT2D eigenvalue weighted by Gasteiger charge is 2.25. The number of hydrogen-bond acceptors (Lipinski definition) is 3. The van der Waals surface area contributed by atoms with E-state index < -0.39 is 6.10 Å². The molecular formula is C13H17ClO2S. The monoisotopic (exact) mass is 272 g/mol. The Morgan fingerprint density at radius 3 is 2.82 bits per heavy atom. The second-order valence-electron chi connectivity index (χ2n) is 4.39. The van der Waals surface area contributed by atoms with Crippen molar-refractivity contribution < 1.29 is 9.84 Å². The molecule has 17 heavy (non-hydrogen) atoms. The number of hydrogen-bond donors (Lipinski definition) is 1. The van der Waals surface area contributed by atoms with Crippen LogP contribution in [0.1, 0.15) is 31.9 Å². The third kappa shape index (κ3) is 3.16. The Labute approximate surface area is 111 Å². The topological polar surface area (TPSA) is 29.5 Å². The van der Waals surface area contributed by atoms with Crippen LogP contribution in [0.15, 0.2) is 23.1 Å². The summed E-state index contributed by atoms with van der Waals surface area (Å²) in [5, 5.41) is 10.7. The van der Waals surface area contributed by atoms with Crippen molar-refractivity contribution in [3.05, 3.63) is 28.8 Å². The van der Waals surface area contributed by atoms with E-state index >= 15 is 0 Å². The van der Waals surface area contributed by atoms with E-state index in [0.29, 0.717) is 10.3 Å². The first kappa shape index (κ1) is 13.2. The number of thioether (sulfide) groups is 1. The quantitative estimate of drug-likeness (QED) is 0.911. The molecule has 0 saturated carbocycles. The van der Waals surface area contributed by atoms with Crippen LogP contribution < -0.4 is 0 Å². The van der Waals surface area contributed by atoms with Crippen LogP contribution in [0.2, 0.25) is 5.02 Å². The molecule has 1 aromatic carbocycles. The predicted octanol–water partition coefficient (Wildman–Crippen LogP) is 3.66. The molecular weight excluding hydrogens is 256 g/mol. The molecule has 3 atom stereocenters. The number of benzene rings is 1. The first-order valence-corrected chi connectivity index (χ1v) is 7.09. The van der Waals surface area contributed by atoms with Crippen LogP contribution in [0.5, 0.6) is 0 Å². The van der Waals surface area contributed by atoms with Gasteiger partial charge in [0, 0.05) is 16.8 Å². The zero-order chi connectivity index (χ0) is 12.4. The van der Waals surface area contributed by atoms with Gasteiger partial charge in [-0.1, -0.05) is 17.7 Å². The minimum absolute atomic E-state index is 0.285. The number of halogens is 1. The van der Waals surface area contributed by atoms with Crippen LogP contribution >= 0.6 is 23.4 Å². The largest absolute Gasteiger partial charge is 0.389 e. The molecule has 0 aliphatic carbocycles. The lowest BCUT2D eigenvalue weighted by Crippen LogP contribution is -2.13. The third-order valence-corrected chi connectivity index (χ3v) is 4.98. The van der Waals surface area contributed by atoms with Crippen molar-refractivity contribution in [1.29, 1.82) is 0 Å². The lowest BCUT2D eigenvalue weighted by molar-refractivity contribution is 0.127. The van der Waals surface area contributed by atoms with Crippen LogP contribution in [0, 0.1) is 0 Å². The van der Waals surface area contributed by atoms with Crippen molar-refractivity contribution in [2.45, 2.75) is 42.6 Å². The molecule has 3 unspecified atom stereocenters. The molecule has 2 nitrogen and oxygen atoms in total. The Kier molecular flexibility index (Phi) is 4.36. The lowest BCUT2D eigenvalue weighted by Gasteiger charge is -2.15. The minimum Gasteiger partial charge on any atom is -0.389 e. The van der Waals surface area contributed by atoms with Crippen LogP contribution in [-0.4, -0.2) is 23.1 Å². The van der Waals surface area contributed by atoms with Gasteiger partial charge >= 0.3 is 0 Å². The highest BCUT2D eigenvalue weighted by Crippen LogP contribution is 2.37. The van der Waals surface area contributed by atoms with Gasteiger partial charge in [-0.05, 0) is 38.0 Å². The minimum atomic E-state index is -0.472. The van der Waals surface area contributed by atoms with E-state index in [0.717, 1.165) is 23.5 Å². The second kappa shape index (κ2) is 5.61. The predicted molar refractivity (Wildman–Crippen MR) is 71.8 cm³/mol. The first-order chi connectivity index (χ1) is 8.08. The highest BCUT2D eigenvalue weighted by atomic mass is 35.5. The van der Waals surface area contributed by atoms with Gasteiger partial charge in [-0.3, -0.25) is 0 Å². The molecule has 1 heterocycles. The van der Waals surface area contributed by atoms with E-state index in [1.165, 1.54) is 0 Å². The summed E-state index contributed by atoms with van der Waals surface area (Å²) in [5.41, 5.74) is 0.857. The Bertz CT molecular complexity index is 395. The maximum absolute atomic E-state index is 9.48. The smallest absolute Gasteiger partial charge is 0.0762 e. The summed E-state index contributed by atoms with van der Waals surface area (Å²) in [5.74, 6) is 0. The van der Waals surface area contributed by atoms with E-state index in [-0.39, 0.29) is 6.10 Å². The molecule has 1 aliphatic rings. The molecule has 2 rings (SSSR count). The molecule has 0 bridgehead atoms. The Balaban J connectivity index is 2.11. The molecule has 1 fully saturated rings. The van der Waals surface area contributed by atoms with Crippen molar-refractivity contribution in [1.82, 2.24) is 0 Å².